The highest BCUT2D eigenvalue weighted by Gasteiger charge is 2.18. The maximum absolute atomic E-state index is 12.8. The molecular weight excluding hydrogens is 376 g/mol. The first kappa shape index (κ1) is 23.5. The van der Waals surface area contributed by atoms with Crippen LogP contribution in [0, 0.1) is 0 Å². The van der Waals surface area contributed by atoms with Crippen molar-refractivity contribution in [3.05, 3.63) is 59.7 Å². The standard InChI is InChI=1S/C25H34N2O3/c1-6-15-27(16-7-2)25(29)21-9-8-10-22(17-21)26-24(28)19(5)30-23-13-11-20(12-14-23)18(3)4/h8-14,17-19H,6-7,15-16H2,1-5H3,(H,26,28). The number of anilines is 1. The molecule has 0 heterocycles. The van der Waals surface area contributed by atoms with Gasteiger partial charge in [-0.3, -0.25) is 9.59 Å². The molecule has 0 saturated carbocycles. The van der Waals surface area contributed by atoms with Crippen LogP contribution in [0.25, 0.3) is 0 Å². The Hall–Kier alpha value is -2.82. The van der Waals surface area contributed by atoms with Crippen molar-refractivity contribution in [2.24, 2.45) is 0 Å². The summed E-state index contributed by atoms with van der Waals surface area (Å²) in [5.41, 5.74) is 2.39. The van der Waals surface area contributed by atoms with Crippen LogP contribution in [0.2, 0.25) is 0 Å². The van der Waals surface area contributed by atoms with E-state index in [-0.39, 0.29) is 11.8 Å². The van der Waals surface area contributed by atoms with Crippen LogP contribution in [0.4, 0.5) is 5.69 Å². The lowest BCUT2D eigenvalue weighted by molar-refractivity contribution is -0.122. The molecule has 1 unspecified atom stereocenters. The third-order valence-electron chi connectivity index (χ3n) is 4.88. The van der Waals surface area contributed by atoms with E-state index in [1.807, 2.05) is 29.2 Å². The number of nitrogens with one attached hydrogen (secondary N) is 1. The van der Waals surface area contributed by atoms with Crippen molar-refractivity contribution in [1.82, 2.24) is 4.90 Å². The van der Waals surface area contributed by atoms with Crippen LogP contribution in [0.15, 0.2) is 48.5 Å². The van der Waals surface area contributed by atoms with E-state index in [9.17, 15) is 9.59 Å². The second kappa shape index (κ2) is 11.4. The minimum atomic E-state index is -0.661. The molecule has 2 rings (SSSR count). The van der Waals surface area contributed by atoms with Gasteiger partial charge < -0.3 is 15.0 Å². The normalized spacial score (nSPS) is 11.8. The molecule has 0 aliphatic rings. The number of carbonyl (C=O) groups is 2. The van der Waals surface area contributed by atoms with Gasteiger partial charge in [-0.1, -0.05) is 45.9 Å². The van der Waals surface area contributed by atoms with Gasteiger partial charge in [-0.2, -0.15) is 0 Å². The van der Waals surface area contributed by atoms with Crippen molar-refractivity contribution >= 4 is 17.5 Å². The lowest BCUT2D eigenvalue weighted by Crippen LogP contribution is -2.33. The average Bonchev–Trinajstić information content (AvgIpc) is 2.73. The zero-order valence-electron chi connectivity index (χ0n) is 18.8. The fraction of sp³-hybridized carbons (Fsp3) is 0.440. The summed E-state index contributed by atoms with van der Waals surface area (Å²) in [4.78, 5) is 27.2. The highest BCUT2D eigenvalue weighted by atomic mass is 16.5. The quantitative estimate of drug-likeness (QED) is 0.564. The van der Waals surface area contributed by atoms with Gasteiger partial charge in [0.05, 0.1) is 0 Å². The molecule has 30 heavy (non-hydrogen) atoms. The Morgan fingerprint density at radius 3 is 2.17 bits per heavy atom. The van der Waals surface area contributed by atoms with Crippen molar-refractivity contribution in [3.63, 3.8) is 0 Å². The van der Waals surface area contributed by atoms with E-state index in [2.05, 4.69) is 33.0 Å². The summed E-state index contributed by atoms with van der Waals surface area (Å²) in [6.45, 7) is 11.6. The van der Waals surface area contributed by atoms with E-state index in [4.69, 9.17) is 4.74 Å². The minimum absolute atomic E-state index is 0.00987. The summed E-state index contributed by atoms with van der Waals surface area (Å²) < 4.78 is 5.78. The Bertz CT molecular complexity index is 825. The third-order valence-corrected chi connectivity index (χ3v) is 4.88. The van der Waals surface area contributed by atoms with Crippen LogP contribution in [0.3, 0.4) is 0 Å². The van der Waals surface area contributed by atoms with Crippen LogP contribution in [-0.2, 0) is 4.79 Å². The summed E-state index contributed by atoms with van der Waals surface area (Å²) in [5, 5.41) is 2.86. The molecule has 2 aromatic carbocycles. The maximum atomic E-state index is 12.8. The minimum Gasteiger partial charge on any atom is -0.481 e. The third kappa shape index (κ3) is 6.61. The Kier molecular flexibility index (Phi) is 8.90. The van der Waals surface area contributed by atoms with Crippen molar-refractivity contribution in [2.45, 2.75) is 59.5 Å². The van der Waals surface area contributed by atoms with E-state index in [0.29, 0.717) is 22.9 Å². The molecule has 2 aromatic rings. The van der Waals surface area contributed by atoms with Gasteiger partial charge in [0, 0.05) is 24.3 Å². The number of nitrogens with zero attached hydrogens (tertiary/aromatic N) is 1. The molecule has 0 radical (unpaired) electrons. The summed E-state index contributed by atoms with van der Waals surface area (Å²) in [6.07, 6.45) is 1.16. The Morgan fingerprint density at radius 2 is 1.60 bits per heavy atom. The highest BCUT2D eigenvalue weighted by molar-refractivity contribution is 5.98. The summed E-state index contributed by atoms with van der Waals surface area (Å²) in [5.74, 6) is 0.830. The summed E-state index contributed by atoms with van der Waals surface area (Å²) in [7, 11) is 0. The molecule has 0 aliphatic heterocycles. The Labute approximate surface area is 180 Å². The molecule has 0 aliphatic carbocycles. The van der Waals surface area contributed by atoms with Gasteiger partial charge in [-0.05, 0) is 61.6 Å². The first-order valence-electron chi connectivity index (χ1n) is 10.8. The lowest BCUT2D eigenvalue weighted by Gasteiger charge is -2.22. The molecule has 5 heteroatoms. The van der Waals surface area contributed by atoms with Gasteiger partial charge >= 0.3 is 0 Å². The van der Waals surface area contributed by atoms with E-state index >= 15 is 0 Å². The van der Waals surface area contributed by atoms with E-state index in [1.54, 1.807) is 31.2 Å². The van der Waals surface area contributed by atoms with Crippen molar-refractivity contribution < 1.29 is 14.3 Å². The fourth-order valence-electron chi connectivity index (χ4n) is 3.20. The van der Waals surface area contributed by atoms with Gasteiger partial charge in [0.2, 0.25) is 0 Å². The van der Waals surface area contributed by atoms with Crippen molar-refractivity contribution in [1.29, 1.82) is 0 Å². The molecule has 1 N–H and O–H groups in total. The topological polar surface area (TPSA) is 58.6 Å². The van der Waals surface area contributed by atoms with Crippen molar-refractivity contribution in [2.75, 3.05) is 18.4 Å². The largest absolute Gasteiger partial charge is 0.481 e. The zero-order valence-corrected chi connectivity index (χ0v) is 18.8. The van der Waals surface area contributed by atoms with Gasteiger partial charge in [-0.25, -0.2) is 0 Å². The molecule has 0 saturated heterocycles. The summed E-state index contributed by atoms with van der Waals surface area (Å²) in [6, 6.07) is 14.9. The smallest absolute Gasteiger partial charge is 0.265 e. The molecule has 1 atom stereocenters. The zero-order chi connectivity index (χ0) is 22.1. The van der Waals surface area contributed by atoms with Crippen LogP contribution in [0.5, 0.6) is 5.75 Å². The number of hydrogen-bond acceptors (Lipinski definition) is 3. The fourth-order valence-corrected chi connectivity index (χ4v) is 3.20. The molecule has 5 nitrogen and oxygen atoms in total. The molecule has 0 spiro atoms. The van der Waals surface area contributed by atoms with E-state index in [1.165, 1.54) is 5.56 Å². The SMILES string of the molecule is CCCN(CCC)C(=O)c1cccc(NC(=O)C(C)Oc2ccc(C(C)C)cc2)c1. The van der Waals surface area contributed by atoms with E-state index in [0.717, 1.165) is 25.9 Å². The number of amides is 2. The van der Waals surface area contributed by atoms with Crippen molar-refractivity contribution in [3.8, 4) is 5.75 Å². The van der Waals surface area contributed by atoms with Gasteiger partial charge in [0.25, 0.3) is 11.8 Å². The number of hydrogen-bond donors (Lipinski definition) is 1. The second-order valence-electron chi connectivity index (χ2n) is 7.85. The number of ether oxygens (including phenoxy) is 1. The van der Waals surface area contributed by atoms with Crippen LogP contribution in [0.1, 0.15) is 69.3 Å². The van der Waals surface area contributed by atoms with Crippen LogP contribution >= 0.6 is 0 Å². The van der Waals surface area contributed by atoms with Crippen LogP contribution in [-0.4, -0.2) is 35.9 Å². The molecule has 2 amide bonds. The molecular formula is C25H34N2O3. The highest BCUT2D eigenvalue weighted by Crippen LogP contribution is 2.20. The first-order valence-corrected chi connectivity index (χ1v) is 10.8. The Morgan fingerprint density at radius 1 is 0.967 bits per heavy atom. The second-order valence-corrected chi connectivity index (χ2v) is 7.85. The molecule has 0 fully saturated rings. The number of rotatable bonds is 10. The Balaban J connectivity index is 2.02. The predicted octanol–water partition coefficient (Wildman–Crippen LogP) is 5.48. The van der Waals surface area contributed by atoms with Gasteiger partial charge in [0.1, 0.15) is 5.75 Å². The number of carbonyl (C=O) groups excluding carboxylic acids is 2. The molecule has 162 valence electrons. The predicted molar refractivity (Wildman–Crippen MR) is 122 cm³/mol. The summed E-state index contributed by atoms with van der Waals surface area (Å²) >= 11 is 0. The first-order chi connectivity index (χ1) is 14.3. The maximum Gasteiger partial charge on any atom is 0.265 e. The molecule has 0 aromatic heterocycles. The van der Waals surface area contributed by atoms with Gasteiger partial charge in [-0.15, -0.1) is 0 Å². The van der Waals surface area contributed by atoms with Gasteiger partial charge in [0.15, 0.2) is 6.10 Å². The lowest BCUT2D eigenvalue weighted by atomic mass is 10.0. The molecule has 0 bridgehead atoms. The average molecular weight is 411 g/mol. The monoisotopic (exact) mass is 410 g/mol. The number of benzene rings is 2. The van der Waals surface area contributed by atoms with Crippen LogP contribution < -0.4 is 10.1 Å². The van der Waals surface area contributed by atoms with E-state index < -0.39 is 6.10 Å².